The largest absolute Gasteiger partial charge is 0.444 e. The van der Waals surface area contributed by atoms with Gasteiger partial charge in [-0.15, -0.1) is 0 Å². The molecule has 0 aliphatic carbocycles. The fourth-order valence-electron chi connectivity index (χ4n) is 2.10. The van der Waals surface area contributed by atoms with Crippen molar-refractivity contribution >= 4 is 28.3 Å². The molecule has 108 valence electrons. The van der Waals surface area contributed by atoms with Gasteiger partial charge in [0.25, 0.3) is 0 Å². The molecule has 0 spiro atoms. The molecule has 6 heteroatoms. The lowest BCUT2D eigenvalue weighted by Gasteiger charge is -2.08. The van der Waals surface area contributed by atoms with Gasteiger partial charge in [0.05, 0.1) is 5.69 Å². The summed E-state index contributed by atoms with van der Waals surface area (Å²) in [6, 6.07) is 8.51. The number of fused-ring (bicyclic) bond motifs is 1. The molecule has 2 nitrogen and oxygen atoms in total. The van der Waals surface area contributed by atoms with Gasteiger partial charge in [-0.05, 0) is 17.7 Å². The molecule has 0 saturated heterocycles. The van der Waals surface area contributed by atoms with Crippen LogP contribution >= 0.6 is 11.6 Å². The Morgan fingerprint density at radius 1 is 1.10 bits per heavy atom. The number of hydrogen-bond donors (Lipinski definition) is 1. The molecule has 3 rings (SSSR count). The lowest BCUT2D eigenvalue weighted by atomic mass is 10.1. The van der Waals surface area contributed by atoms with Crippen molar-refractivity contribution in [3.8, 4) is 0 Å². The summed E-state index contributed by atoms with van der Waals surface area (Å²) in [5.41, 5.74) is 0.912. The third kappa shape index (κ3) is 2.56. The Morgan fingerprint density at radius 2 is 1.86 bits per heavy atom. The van der Waals surface area contributed by atoms with E-state index in [0.29, 0.717) is 17.2 Å². The minimum Gasteiger partial charge on any atom is -0.444 e. The summed E-state index contributed by atoms with van der Waals surface area (Å²) in [4.78, 5) is 0. The molecular formula is C15H9ClF3NO. The van der Waals surface area contributed by atoms with Crippen LogP contribution in [0.2, 0.25) is 5.22 Å². The van der Waals surface area contributed by atoms with Crippen molar-refractivity contribution in [3.63, 3.8) is 0 Å². The molecule has 0 fully saturated rings. The van der Waals surface area contributed by atoms with Crippen LogP contribution in [-0.4, -0.2) is 0 Å². The quantitative estimate of drug-likeness (QED) is 0.679. The van der Waals surface area contributed by atoms with E-state index in [4.69, 9.17) is 16.0 Å². The molecule has 0 unspecified atom stereocenters. The second kappa shape index (κ2) is 5.33. The number of rotatable bonds is 3. The van der Waals surface area contributed by atoms with E-state index in [1.807, 2.05) is 0 Å². The van der Waals surface area contributed by atoms with Crippen LogP contribution in [0.3, 0.4) is 0 Å². The fraction of sp³-hybridized carbons (Fsp3) is 0.0667. The zero-order chi connectivity index (χ0) is 15.0. The van der Waals surface area contributed by atoms with E-state index in [2.05, 4.69) is 5.32 Å². The molecule has 0 bridgehead atoms. The molecule has 0 aliphatic rings. The maximum absolute atomic E-state index is 13.6. The van der Waals surface area contributed by atoms with Crippen LogP contribution in [0.1, 0.15) is 5.56 Å². The van der Waals surface area contributed by atoms with Crippen molar-refractivity contribution in [3.05, 3.63) is 64.6 Å². The predicted octanol–water partition coefficient (Wildman–Crippen LogP) is 5.12. The number of para-hydroxylation sites is 1. The molecule has 1 N–H and O–H groups in total. The molecule has 2 aromatic carbocycles. The molecule has 0 radical (unpaired) electrons. The second-order valence-electron chi connectivity index (χ2n) is 4.45. The standard InChI is InChI=1S/C15H9ClF3NO/c16-15-10(9-3-1-2-4-13(9)21-15)7-20-12-6-8(17)5-11(18)14(12)19/h1-6,20H,7H2. The molecule has 0 atom stereocenters. The van der Waals surface area contributed by atoms with E-state index in [0.717, 1.165) is 11.5 Å². The van der Waals surface area contributed by atoms with Crippen LogP contribution in [-0.2, 0) is 6.54 Å². The summed E-state index contributed by atoms with van der Waals surface area (Å²) in [6.45, 7) is 0.0790. The zero-order valence-electron chi connectivity index (χ0n) is 10.6. The maximum atomic E-state index is 13.6. The summed E-state index contributed by atoms with van der Waals surface area (Å²) in [6.07, 6.45) is 0. The van der Waals surface area contributed by atoms with Gasteiger partial charge >= 0.3 is 0 Å². The Labute approximate surface area is 123 Å². The Hall–Kier alpha value is -2.14. The number of furan rings is 1. The summed E-state index contributed by atoms with van der Waals surface area (Å²) in [7, 11) is 0. The van der Waals surface area contributed by atoms with Crippen LogP contribution in [0, 0.1) is 17.5 Å². The molecule has 3 aromatic rings. The number of nitrogens with one attached hydrogen (secondary N) is 1. The highest BCUT2D eigenvalue weighted by atomic mass is 35.5. The third-order valence-electron chi connectivity index (χ3n) is 3.10. The van der Waals surface area contributed by atoms with Crippen molar-refractivity contribution in [2.24, 2.45) is 0 Å². The van der Waals surface area contributed by atoms with Crippen LogP contribution in [0.25, 0.3) is 11.0 Å². The molecule has 1 aromatic heterocycles. The van der Waals surface area contributed by atoms with E-state index in [1.54, 1.807) is 24.3 Å². The first kappa shape index (κ1) is 13.8. The van der Waals surface area contributed by atoms with Crippen molar-refractivity contribution in [2.45, 2.75) is 6.54 Å². The van der Waals surface area contributed by atoms with Crippen LogP contribution in [0.5, 0.6) is 0 Å². The van der Waals surface area contributed by atoms with Gasteiger partial charge in [-0.3, -0.25) is 0 Å². The smallest absolute Gasteiger partial charge is 0.199 e. The van der Waals surface area contributed by atoms with Crippen LogP contribution < -0.4 is 5.32 Å². The number of benzene rings is 2. The number of halogens is 4. The third-order valence-corrected chi connectivity index (χ3v) is 3.40. The van der Waals surface area contributed by atoms with Gasteiger partial charge in [-0.1, -0.05) is 18.2 Å². The van der Waals surface area contributed by atoms with Gasteiger partial charge in [0, 0.05) is 29.6 Å². The topological polar surface area (TPSA) is 25.2 Å². The summed E-state index contributed by atoms with van der Waals surface area (Å²) < 4.78 is 45.2. The summed E-state index contributed by atoms with van der Waals surface area (Å²) in [5.74, 6) is -3.25. The fourth-order valence-corrected chi connectivity index (χ4v) is 2.35. The van der Waals surface area contributed by atoms with E-state index in [1.165, 1.54) is 0 Å². The first-order chi connectivity index (χ1) is 10.1. The minimum atomic E-state index is -1.25. The van der Waals surface area contributed by atoms with Gasteiger partial charge in [-0.2, -0.15) is 0 Å². The monoisotopic (exact) mass is 311 g/mol. The van der Waals surface area contributed by atoms with Gasteiger partial charge < -0.3 is 9.73 Å². The van der Waals surface area contributed by atoms with E-state index >= 15 is 0 Å². The molecule has 0 amide bonds. The SMILES string of the molecule is Fc1cc(F)c(F)c(NCc2c(Cl)oc3ccccc23)c1. The lowest BCUT2D eigenvalue weighted by Crippen LogP contribution is -2.03. The predicted molar refractivity (Wildman–Crippen MR) is 74.9 cm³/mol. The van der Waals surface area contributed by atoms with Crippen molar-refractivity contribution < 1.29 is 17.6 Å². The zero-order valence-corrected chi connectivity index (χ0v) is 11.3. The highest BCUT2D eigenvalue weighted by Gasteiger charge is 2.14. The maximum Gasteiger partial charge on any atom is 0.199 e. The second-order valence-corrected chi connectivity index (χ2v) is 4.80. The Bertz CT molecular complexity index is 816. The Morgan fingerprint density at radius 3 is 2.67 bits per heavy atom. The van der Waals surface area contributed by atoms with Crippen LogP contribution in [0.15, 0.2) is 40.8 Å². The molecule has 0 aliphatic heterocycles. The summed E-state index contributed by atoms with van der Waals surface area (Å²) in [5, 5.41) is 3.54. The molecular weight excluding hydrogens is 303 g/mol. The van der Waals surface area contributed by atoms with Gasteiger partial charge in [0.1, 0.15) is 11.4 Å². The van der Waals surface area contributed by atoms with E-state index < -0.39 is 17.5 Å². The van der Waals surface area contributed by atoms with Crippen LogP contribution in [0.4, 0.5) is 18.9 Å². The Kier molecular flexibility index (Phi) is 3.51. The highest BCUT2D eigenvalue weighted by molar-refractivity contribution is 6.30. The normalized spacial score (nSPS) is 11.0. The van der Waals surface area contributed by atoms with Crippen molar-refractivity contribution in [2.75, 3.05) is 5.32 Å². The molecule has 21 heavy (non-hydrogen) atoms. The average Bonchev–Trinajstić information content (AvgIpc) is 2.77. The summed E-state index contributed by atoms with van der Waals surface area (Å²) >= 11 is 5.99. The van der Waals surface area contributed by atoms with Crippen molar-refractivity contribution in [1.29, 1.82) is 0 Å². The Balaban J connectivity index is 1.92. The van der Waals surface area contributed by atoms with Gasteiger partial charge in [0.2, 0.25) is 0 Å². The first-order valence-electron chi connectivity index (χ1n) is 6.10. The molecule has 1 heterocycles. The van der Waals surface area contributed by atoms with Gasteiger partial charge in [-0.25, -0.2) is 13.2 Å². The highest BCUT2D eigenvalue weighted by Crippen LogP contribution is 2.30. The van der Waals surface area contributed by atoms with Gasteiger partial charge in [0.15, 0.2) is 16.9 Å². The average molecular weight is 312 g/mol. The minimum absolute atomic E-state index is 0.0790. The van der Waals surface area contributed by atoms with E-state index in [9.17, 15) is 13.2 Å². The van der Waals surface area contributed by atoms with E-state index in [-0.39, 0.29) is 17.5 Å². The molecule has 0 saturated carbocycles. The number of anilines is 1. The number of hydrogen-bond acceptors (Lipinski definition) is 2. The lowest BCUT2D eigenvalue weighted by molar-refractivity contribution is 0.497. The first-order valence-corrected chi connectivity index (χ1v) is 6.48. The van der Waals surface area contributed by atoms with Crippen molar-refractivity contribution in [1.82, 2.24) is 0 Å².